The van der Waals surface area contributed by atoms with Gasteiger partial charge in [-0.25, -0.2) is 0 Å². The third-order valence-electron chi connectivity index (χ3n) is 3.78. The molecule has 0 saturated carbocycles. The number of hydrogen-bond acceptors (Lipinski definition) is 4. The minimum Gasteiger partial charge on any atom is -0.371 e. The van der Waals surface area contributed by atoms with Crippen LogP contribution < -0.4 is 0 Å². The number of rotatable bonds is 3. The fourth-order valence-corrected chi connectivity index (χ4v) is 2.79. The molecule has 0 amide bonds. The minimum absolute atomic E-state index is 0.423. The first kappa shape index (κ1) is 11.2. The third-order valence-corrected chi connectivity index (χ3v) is 3.78. The van der Waals surface area contributed by atoms with E-state index in [0.717, 1.165) is 31.2 Å². The molecule has 1 unspecified atom stereocenters. The molecule has 1 aromatic heterocycles. The first-order valence-corrected chi connectivity index (χ1v) is 6.61. The third kappa shape index (κ3) is 2.09. The van der Waals surface area contributed by atoms with Crippen LogP contribution in [0.15, 0.2) is 0 Å². The Labute approximate surface area is 102 Å². The molecule has 1 fully saturated rings. The Morgan fingerprint density at radius 3 is 2.88 bits per heavy atom. The monoisotopic (exact) mass is 236 g/mol. The van der Waals surface area contributed by atoms with E-state index in [-0.39, 0.29) is 0 Å². The van der Waals surface area contributed by atoms with E-state index in [2.05, 4.69) is 26.6 Å². The maximum Gasteiger partial charge on any atom is 0.159 e. The zero-order valence-electron chi connectivity index (χ0n) is 10.4. The van der Waals surface area contributed by atoms with E-state index in [1.54, 1.807) is 0 Å². The largest absolute Gasteiger partial charge is 0.371 e. The molecule has 1 saturated heterocycles. The molecule has 0 aliphatic carbocycles. The van der Waals surface area contributed by atoms with Gasteiger partial charge in [0.05, 0.1) is 19.2 Å². The summed E-state index contributed by atoms with van der Waals surface area (Å²) in [7, 11) is 0. The normalized spacial score (nSPS) is 25.1. The maximum atomic E-state index is 5.55. The number of hydrogen-bond donors (Lipinski definition) is 0. The van der Waals surface area contributed by atoms with Crippen molar-refractivity contribution in [1.29, 1.82) is 0 Å². The molecule has 17 heavy (non-hydrogen) atoms. The Kier molecular flexibility index (Phi) is 3.11. The van der Waals surface area contributed by atoms with Crippen molar-refractivity contribution >= 4 is 0 Å². The lowest BCUT2D eigenvalue weighted by Crippen LogP contribution is -2.28. The Balaban J connectivity index is 1.82. The molecule has 5 nitrogen and oxygen atoms in total. The second-order valence-electron chi connectivity index (χ2n) is 4.96. The van der Waals surface area contributed by atoms with Gasteiger partial charge < -0.3 is 9.30 Å². The average Bonchev–Trinajstić information content (AvgIpc) is 2.99. The fourth-order valence-electron chi connectivity index (χ4n) is 2.79. The van der Waals surface area contributed by atoms with Gasteiger partial charge in [-0.1, -0.05) is 6.92 Å². The van der Waals surface area contributed by atoms with Crippen LogP contribution in [-0.2, 0) is 17.9 Å². The summed E-state index contributed by atoms with van der Waals surface area (Å²) in [5.41, 5.74) is 0. The van der Waals surface area contributed by atoms with Crippen LogP contribution in [0.5, 0.6) is 0 Å². The van der Waals surface area contributed by atoms with Gasteiger partial charge in [-0.15, -0.1) is 10.2 Å². The Hall–Kier alpha value is -0.940. The summed E-state index contributed by atoms with van der Waals surface area (Å²) < 4.78 is 7.85. The molecule has 94 valence electrons. The van der Waals surface area contributed by atoms with Gasteiger partial charge in [0, 0.05) is 0 Å². The van der Waals surface area contributed by atoms with Crippen molar-refractivity contribution in [2.24, 2.45) is 0 Å². The van der Waals surface area contributed by atoms with Gasteiger partial charge >= 0.3 is 0 Å². The van der Waals surface area contributed by atoms with E-state index in [9.17, 15) is 0 Å². The number of nitrogens with zero attached hydrogens (tertiary/aromatic N) is 4. The lowest BCUT2D eigenvalue weighted by molar-refractivity contribution is 0.0514. The molecule has 0 radical (unpaired) electrons. The molecule has 0 spiro atoms. The van der Waals surface area contributed by atoms with Crippen LogP contribution in [-0.4, -0.2) is 39.4 Å². The molecule has 0 bridgehead atoms. The van der Waals surface area contributed by atoms with Gasteiger partial charge in [-0.2, -0.15) is 0 Å². The summed E-state index contributed by atoms with van der Waals surface area (Å²) in [5, 5.41) is 8.61. The van der Waals surface area contributed by atoms with Crippen LogP contribution in [0.1, 0.15) is 43.9 Å². The molecule has 2 aliphatic rings. The summed E-state index contributed by atoms with van der Waals surface area (Å²) in [6, 6.07) is 0.423. The first-order chi connectivity index (χ1) is 8.38. The van der Waals surface area contributed by atoms with Crippen molar-refractivity contribution in [2.45, 2.75) is 45.4 Å². The number of likely N-dealkylation sites (tertiary alicyclic amines) is 1. The van der Waals surface area contributed by atoms with Crippen LogP contribution in [0.4, 0.5) is 0 Å². The van der Waals surface area contributed by atoms with Crippen molar-refractivity contribution in [2.75, 3.05) is 19.7 Å². The molecular formula is C12H20N4O. The molecule has 1 aromatic rings. The zero-order chi connectivity index (χ0) is 11.7. The highest BCUT2D eigenvalue weighted by atomic mass is 16.5. The van der Waals surface area contributed by atoms with E-state index in [1.807, 2.05) is 0 Å². The van der Waals surface area contributed by atoms with Crippen LogP contribution in [0, 0.1) is 0 Å². The van der Waals surface area contributed by atoms with Crippen LogP contribution in [0.2, 0.25) is 0 Å². The molecule has 2 aliphatic heterocycles. The Bertz CT molecular complexity index is 384. The summed E-state index contributed by atoms with van der Waals surface area (Å²) in [6.45, 7) is 6.97. The minimum atomic E-state index is 0.423. The van der Waals surface area contributed by atoms with Crippen molar-refractivity contribution in [3.63, 3.8) is 0 Å². The van der Waals surface area contributed by atoms with Gasteiger partial charge in [-0.05, 0) is 32.4 Å². The standard InChI is InChI=1S/C12H20N4O/c1-2-10-8-17-9-12-14-13-11(16(10)12)7-15-5-3-4-6-15/h10H,2-9H2,1H3. The molecule has 3 heterocycles. The lowest BCUT2D eigenvalue weighted by Gasteiger charge is -2.26. The van der Waals surface area contributed by atoms with E-state index in [1.165, 1.54) is 25.9 Å². The van der Waals surface area contributed by atoms with Crippen LogP contribution >= 0.6 is 0 Å². The maximum absolute atomic E-state index is 5.55. The molecular weight excluding hydrogens is 216 g/mol. The summed E-state index contributed by atoms with van der Waals surface area (Å²) in [5.74, 6) is 2.12. The van der Waals surface area contributed by atoms with E-state index in [4.69, 9.17) is 4.74 Å². The lowest BCUT2D eigenvalue weighted by atomic mass is 10.2. The van der Waals surface area contributed by atoms with Crippen molar-refractivity contribution < 1.29 is 4.74 Å². The molecule has 0 aromatic carbocycles. The number of ether oxygens (including phenoxy) is 1. The number of fused-ring (bicyclic) bond motifs is 1. The predicted molar refractivity (Wildman–Crippen MR) is 63.5 cm³/mol. The van der Waals surface area contributed by atoms with E-state index >= 15 is 0 Å². The average molecular weight is 236 g/mol. The highest BCUT2D eigenvalue weighted by Crippen LogP contribution is 2.23. The van der Waals surface area contributed by atoms with Gasteiger partial charge in [0.15, 0.2) is 5.82 Å². The highest BCUT2D eigenvalue weighted by Gasteiger charge is 2.25. The summed E-state index contributed by atoms with van der Waals surface area (Å²) >= 11 is 0. The zero-order valence-corrected chi connectivity index (χ0v) is 10.4. The van der Waals surface area contributed by atoms with Gasteiger partial charge in [-0.3, -0.25) is 4.90 Å². The smallest absolute Gasteiger partial charge is 0.159 e. The first-order valence-electron chi connectivity index (χ1n) is 6.61. The van der Waals surface area contributed by atoms with E-state index in [0.29, 0.717) is 12.6 Å². The quantitative estimate of drug-likeness (QED) is 0.794. The summed E-state index contributed by atoms with van der Waals surface area (Å²) in [4.78, 5) is 2.47. The molecule has 0 N–H and O–H groups in total. The molecule has 5 heteroatoms. The van der Waals surface area contributed by atoms with Crippen LogP contribution in [0.25, 0.3) is 0 Å². The molecule has 3 rings (SSSR count). The molecule has 1 atom stereocenters. The van der Waals surface area contributed by atoms with Gasteiger partial charge in [0.2, 0.25) is 0 Å². The Morgan fingerprint density at radius 2 is 2.12 bits per heavy atom. The van der Waals surface area contributed by atoms with Crippen molar-refractivity contribution in [1.82, 2.24) is 19.7 Å². The predicted octanol–water partition coefficient (Wildman–Crippen LogP) is 1.36. The van der Waals surface area contributed by atoms with E-state index < -0.39 is 0 Å². The van der Waals surface area contributed by atoms with Crippen LogP contribution in [0.3, 0.4) is 0 Å². The topological polar surface area (TPSA) is 43.2 Å². The summed E-state index contributed by atoms with van der Waals surface area (Å²) in [6.07, 6.45) is 3.72. The van der Waals surface area contributed by atoms with Gasteiger partial charge in [0.25, 0.3) is 0 Å². The van der Waals surface area contributed by atoms with Gasteiger partial charge in [0.1, 0.15) is 12.4 Å². The Morgan fingerprint density at radius 1 is 1.29 bits per heavy atom. The number of aromatic nitrogens is 3. The van der Waals surface area contributed by atoms with Crippen molar-refractivity contribution in [3.05, 3.63) is 11.6 Å². The second kappa shape index (κ2) is 4.74. The SMILES string of the molecule is CCC1COCc2nnc(CN3CCCC3)n21. The van der Waals surface area contributed by atoms with Crippen molar-refractivity contribution in [3.8, 4) is 0 Å². The highest BCUT2D eigenvalue weighted by molar-refractivity contribution is 5.00. The fraction of sp³-hybridized carbons (Fsp3) is 0.833. The second-order valence-corrected chi connectivity index (χ2v) is 4.96.